The van der Waals surface area contributed by atoms with Crippen LogP contribution >= 0.6 is 31.9 Å². The third kappa shape index (κ3) is 2.78. The van der Waals surface area contributed by atoms with Crippen molar-refractivity contribution in [1.82, 2.24) is 5.32 Å². The van der Waals surface area contributed by atoms with E-state index in [9.17, 15) is 4.39 Å². The van der Waals surface area contributed by atoms with Gasteiger partial charge in [0.15, 0.2) is 0 Å². The lowest BCUT2D eigenvalue weighted by molar-refractivity contribution is 0.475. The summed E-state index contributed by atoms with van der Waals surface area (Å²) in [6.07, 6.45) is 0. The summed E-state index contributed by atoms with van der Waals surface area (Å²) in [5.74, 6) is 0.411. The molecule has 0 saturated carbocycles. The molecule has 1 N–H and O–H groups in total. The fraction of sp³-hybridized carbons (Fsp3) is 0.125. The SMILES string of the molecule is CNC(c1cc2cccc(Br)c2o1)c1cc(Br)ccc1F. The highest BCUT2D eigenvalue weighted by molar-refractivity contribution is 9.11. The molecule has 0 aliphatic rings. The summed E-state index contributed by atoms with van der Waals surface area (Å²) in [5, 5.41) is 4.09. The largest absolute Gasteiger partial charge is 0.458 e. The molecule has 0 fully saturated rings. The Bertz CT molecular complexity index is 800. The van der Waals surface area contributed by atoms with Crippen LogP contribution in [0.5, 0.6) is 0 Å². The molecule has 0 amide bonds. The van der Waals surface area contributed by atoms with Gasteiger partial charge in [-0.05, 0) is 53.3 Å². The molecule has 0 aliphatic carbocycles. The van der Waals surface area contributed by atoms with Gasteiger partial charge in [-0.25, -0.2) is 4.39 Å². The normalized spacial score (nSPS) is 12.8. The van der Waals surface area contributed by atoms with Crippen molar-refractivity contribution in [2.24, 2.45) is 0 Å². The van der Waals surface area contributed by atoms with Crippen molar-refractivity contribution in [3.8, 4) is 0 Å². The summed E-state index contributed by atoms with van der Waals surface area (Å²) in [5.41, 5.74) is 1.31. The molecule has 108 valence electrons. The van der Waals surface area contributed by atoms with Gasteiger partial charge in [-0.3, -0.25) is 0 Å². The topological polar surface area (TPSA) is 25.2 Å². The van der Waals surface area contributed by atoms with Gasteiger partial charge in [0.25, 0.3) is 0 Å². The van der Waals surface area contributed by atoms with Crippen LogP contribution in [0, 0.1) is 5.82 Å². The van der Waals surface area contributed by atoms with Crippen molar-refractivity contribution in [1.29, 1.82) is 0 Å². The minimum absolute atomic E-state index is 0.267. The summed E-state index contributed by atoms with van der Waals surface area (Å²) in [6, 6.07) is 12.3. The highest BCUT2D eigenvalue weighted by atomic mass is 79.9. The van der Waals surface area contributed by atoms with Crippen molar-refractivity contribution in [3.63, 3.8) is 0 Å². The zero-order chi connectivity index (χ0) is 15.0. The Labute approximate surface area is 138 Å². The van der Waals surface area contributed by atoms with Gasteiger partial charge in [0.2, 0.25) is 0 Å². The molecule has 3 rings (SSSR count). The predicted molar refractivity (Wildman–Crippen MR) is 88.9 cm³/mol. The zero-order valence-electron chi connectivity index (χ0n) is 11.2. The molecule has 0 radical (unpaired) electrons. The van der Waals surface area contributed by atoms with Gasteiger partial charge in [0.05, 0.1) is 10.5 Å². The fourth-order valence-electron chi connectivity index (χ4n) is 2.38. The van der Waals surface area contributed by atoms with E-state index in [0.29, 0.717) is 11.3 Å². The molecule has 0 spiro atoms. The molecule has 1 unspecified atom stereocenters. The molecule has 0 saturated heterocycles. The number of para-hydroxylation sites is 1. The van der Waals surface area contributed by atoms with Crippen LogP contribution in [0.3, 0.4) is 0 Å². The van der Waals surface area contributed by atoms with Crippen molar-refractivity contribution in [2.75, 3.05) is 7.05 Å². The Morgan fingerprint density at radius 3 is 2.67 bits per heavy atom. The number of fused-ring (bicyclic) bond motifs is 1. The first kappa shape index (κ1) is 14.8. The molecule has 21 heavy (non-hydrogen) atoms. The molecule has 3 aromatic rings. The van der Waals surface area contributed by atoms with E-state index in [1.165, 1.54) is 6.07 Å². The molecule has 2 nitrogen and oxygen atoms in total. The standard InChI is InChI=1S/C16H12Br2FNO/c1-20-15(11-8-10(17)5-6-13(11)19)14-7-9-3-2-4-12(18)16(9)21-14/h2-8,15,20H,1H3. The van der Waals surface area contributed by atoms with Crippen LogP contribution in [-0.4, -0.2) is 7.05 Å². The molecule has 2 aromatic carbocycles. The molecular weight excluding hydrogens is 401 g/mol. The lowest BCUT2D eigenvalue weighted by Crippen LogP contribution is -2.18. The summed E-state index contributed by atoms with van der Waals surface area (Å²) in [7, 11) is 1.78. The van der Waals surface area contributed by atoms with Gasteiger partial charge in [0, 0.05) is 15.4 Å². The lowest BCUT2D eigenvalue weighted by atomic mass is 10.0. The first-order chi connectivity index (χ1) is 10.1. The number of furan rings is 1. The number of rotatable bonds is 3. The predicted octanol–water partition coefficient (Wildman–Crippen LogP) is 5.41. The third-order valence-corrected chi connectivity index (χ3v) is 4.48. The number of hydrogen-bond donors (Lipinski definition) is 1. The number of halogens is 3. The van der Waals surface area contributed by atoms with Crippen LogP contribution in [0.4, 0.5) is 4.39 Å². The van der Waals surface area contributed by atoms with Crippen molar-refractivity contribution in [3.05, 3.63) is 68.6 Å². The third-order valence-electron chi connectivity index (χ3n) is 3.36. The van der Waals surface area contributed by atoms with Gasteiger partial charge < -0.3 is 9.73 Å². The van der Waals surface area contributed by atoms with Crippen LogP contribution < -0.4 is 5.32 Å². The maximum absolute atomic E-state index is 14.1. The maximum atomic E-state index is 14.1. The van der Waals surface area contributed by atoms with E-state index in [-0.39, 0.29) is 11.9 Å². The van der Waals surface area contributed by atoms with Crippen LogP contribution in [0.2, 0.25) is 0 Å². The quantitative estimate of drug-likeness (QED) is 0.622. The molecule has 0 bridgehead atoms. The maximum Gasteiger partial charge on any atom is 0.148 e. The summed E-state index contributed by atoms with van der Waals surface area (Å²) < 4.78 is 21.7. The Balaban J connectivity index is 2.13. The Hall–Kier alpha value is -1.17. The van der Waals surface area contributed by atoms with E-state index in [2.05, 4.69) is 37.2 Å². The van der Waals surface area contributed by atoms with Crippen molar-refractivity contribution in [2.45, 2.75) is 6.04 Å². The van der Waals surface area contributed by atoms with Gasteiger partial charge in [-0.2, -0.15) is 0 Å². The van der Waals surface area contributed by atoms with Crippen LogP contribution in [0.25, 0.3) is 11.0 Å². The summed E-state index contributed by atoms with van der Waals surface area (Å²) >= 11 is 6.85. The number of hydrogen-bond acceptors (Lipinski definition) is 2. The molecule has 5 heteroatoms. The molecule has 0 aliphatic heterocycles. The smallest absolute Gasteiger partial charge is 0.148 e. The zero-order valence-corrected chi connectivity index (χ0v) is 14.3. The average Bonchev–Trinajstić information content (AvgIpc) is 2.89. The lowest BCUT2D eigenvalue weighted by Gasteiger charge is -2.15. The van der Waals surface area contributed by atoms with E-state index in [1.807, 2.05) is 24.3 Å². The first-order valence-corrected chi connectivity index (χ1v) is 7.99. The molecular formula is C16H12Br2FNO. The minimum atomic E-state index is -0.346. The Kier molecular flexibility index (Phi) is 4.15. The van der Waals surface area contributed by atoms with Crippen LogP contribution in [0.1, 0.15) is 17.4 Å². The minimum Gasteiger partial charge on any atom is -0.458 e. The molecule has 1 atom stereocenters. The Morgan fingerprint density at radius 1 is 1.14 bits per heavy atom. The average molecular weight is 413 g/mol. The van der Waals surface area contributed by atoms with E-state index in [4.69, 9.17) is 4.42 Å². The second kappa shape index (κ2) is 5.91. The summed E-state index contributed by atoms with van der Waals surface area (Å²) in [4.78, 5) is 0. The Morgan fingerprint density at radius 2 is 1.95 bits per heavy atom. The van der Waals surface area contributed by atoms with Crippen LogP contribution in [0.15, 0.2) is 55.8 Å². The fourth-order valence-corrected chi connectivity index (χ4v) is 3.22. The van der Waals surface area contributed by atoms with E-state index < -0.39 is 0 Å². The van der Waals surface area contributed by atoms with E-state index >= 15 is 0 Å². The van der Waals surface area contributed by atoms with E-state index in [1.54, 1.807) is 19.2 Å². The highest BCUT2D eigenvalue weighted by Gasteiger charge is 2.21. The van der Waals surface area contributed by atoms with Gasteiger partial charge in [0.1, 0.15) is 17.2 Å². The van der Waals surface area contributed by atoms with Crippen molar-refractivity contribution < 1.29 is 8.81 Å². The van der Waals surface area contributed by atoms with Gasteiger partial charge in [-0.15, -0.1) is 0 Å². The molecule has 1 aromatic heterocycles. The van der Waals surface area contributed by atoms with Crippen molar-refractivity contribution >= 4 is 42.8 Å². The second-order valence-electron chi connectivity index (χ2n) is 4.69. The summed E-state index contributed by atoms with van der Waals surface area (Å²) in [6.45, 7) is 0. The van der Waals surface area contributed by atoms with Crippen LogP contribution in [-0.2, 0) is 0 Å². The number of benzene rings is 2. The monoisotopic (exact) mass is 411 g/mol. The second-order valence-corrected chi connectivity index (χ2v) is 6.46. The molecule has 1 heterocycles. The van der Waals surface area contributed by atoms with E-state index in [0.717, 1.165) is 19.9 Å². The number of nitrogens with one attached hydrogen (secondary N) is 1. The highest BCUT2D eigenvalue weighted by Crippen LogP contribution is 2.33. The first-order valence-electron chi connectivity index (χ1n) is 6.40. The van der Waals surface area contributed by atoms with Gasteiger partial charge in [-0.1, -0.05) is 28.1 Å². The van der Waals surface area contributed by atoms with Gasteiger partial charge >= 0.3 is 0 Å².